The van der Waals surface area contributed by atoms with Gasteiger partial charge in [0.25, 0.3) is 0 Å². The molecule has 10 atom stereocenters. The molecule has 0 aromatic rings. The Morgan fingerprint density at radius 1 is 1.06 bits per heavy atom. The maximum absolute atomic E-state index is 13.5. The SMILES string of the molecule is CO[C@H](CCC(C)(C)O)[C@](C)(O)C1CC[C@@]2(OC)C3=CC(=O)C4C[C@@H](O)[C@@H](O)CC4(C)C3CCC12C. The lowest BCUT2D eigenvalue weighted by Gasteiger charge is -2.61. The molecule has 0 aromatic carbocycles. The molecule has 0 bridgehead atoms. The predicted molar refractivity (Wildman–Crippen MR) is 136 cm³/mol. The van der Waals surface area contributed by atoms with Crippen molar-refractivity contribution >= 4 is 5.78 Å². The molecular weight excluding hydrogens is 460 g/mol. The Bertz CT molecular complexity index is 891. The molecule has 4 N–H and O–H groups in total. The number of hydrogen-bond donors (Lipinski definition) is 4. The van der Waals surface area contributed by atoms with Crippen molar-refractivity contribution < 1.29 is 34.7 Å². The van der Waals surface area contributed by atoms with Crippen LogP contribution in [0.2, 0.25) is 0 Å². The minimum Gasteiger partial charge on any atom is -0.390 e. The molecule has 3 fully saturated rings. The van der Waals surface area contributed by atoms with Gasteiger partial charge in [-0.25, -0.2) is 0 Å². The van der Waals surface area contributed by atoms with E-state index in [0.717, 1.165) is 24.8 Å². The molecule has 36 heavy (non-hydrogen) atoms. The first kappa shape index (κ1) is 28.2. The van der Waals surface area contributed by atoms with Crippen LogP contribution in [0, 0.1) is 28.6 Å². The first-order valence-electron chi connectivity index (χ1n) is 13.7. The summed E-state index contributed by atoms with van der Waals surface area (Å²) >= 11 is 0. The van der Waals surface area contributed by atoms with Crippen LogP contribution < -0.4 is 0 Å². The molecule has 206 valence electrons. The number of methoxy groups -OCH3 is 2. The third-order valence-corrected chi connectivity index (χ3v) is 11.1. The van der Waals surface area contributed by atoms with Crippen LogP contribution in [0.4, 0.5) is 0 Å². The summed E-state index contributed by atoms with van der Waals surface area (Å²) in [4.78, 5) is 13.5. The Balaban J connectivity index is 1.72. The maximum Gasteiger partial charge on any atom is 0.159 e. The minimum atomic E-state index is -1.15. The second kappa shape index (κ2) is 9.13. The summed E-state index contributed by atoms with van der Waals surface area (Å²) in [7, 11) is 3.34. The summed E-state index contributed by atoms with van der Waals surface area (Å²) in [5, 5.41) is 43.2. The Kier molecular flexibility index (Phi) is 7.15. The van der Waals surface area contributed by atoms with Crippen LogP contribution in [-0.4, -0.2) is 75.5 Å². The first-order valence-corrected chi connectivity index (χ1v) is 13.7. The molecule has 4 rings (SSSR count). The standard InChI is InChI=1S/C29H48O7/c1-25(2,33)11-10-24(35-6)28(5,34)23-9-13-29(36-7)18-14-20(30)19-15-21(31)22(32)16-26(19,3)17(18)8-12-27(23,29)4/h14,17,19,21-24,31-34H,8-13,15-16H2,1-7H3/t17?,19?,21-,22+,23?,24-,26?,27?,28-,29-/m1/s1. The van der Waals surface area contributed by atoms with Crippen LogP contribution in [0.25, 0.3) is 0 Å². The molecular formula is C29H48O7. The molecule has 4 aliphatic carbocycles. The number of aliphatic hydroxyl groups excluding tert-OH is 2. The highest BCUT2D eigenvalue weighted by Crippen LogP contribution is 2.69. The lowest BCUT2D eigenvalue weighted by Crippen LogP contribution is -2.63. The Morgan fingerprint density at radius 2 is 1.72 bits per heavy atom. The predicted octanol–water partition coefficient (Wildman–Crippen LogP) is 3.16. The lowest BCUT2D eigenvalue weighted by atomic mass is 9.45. The van der Waals surface area contributed by atoms with Crippen molar-refractivity contribution in [3.05, 3.63) is 11.6 Å². The summed E-state index contributed by atoms with van der Waals surface area (Å²) in [6.07, 6.45) is 4.47. The van der Waals surface area contributed by atoms with E-state index in [0.29, 0.717) is 32.1 Å². The molecule has 0 amide bonds. The molecule has 4 aliphatic rings. The lowest BCUT2D eigenvalue weighted by molar-refractivity contribution is -0.188. The van der Waals surface area contributed by atoms with Crippen LogP contribution in [0.5, 0.6) is 0 Å². The fourth-order valence-electron chi connectivity index (χ4n) is 9.09. The van der Waals surface area contributed by atoms with E-state index in [1.807, 2.05) is 6.92 Å². The van der Waals surface area contributed by atoms with E-state index in [9.17, 15) is 25.2 Å². The zero-order chi connectivity index (χ0) is 26.9. The van der Waals surface area contributed by atoms with Gasteiger partial charge in [0, 0.05) is 25.6 Å². The summed E-state index contributed by atoms with van der Waals surface area (Å²) < 4.78 is 12.2. The zero-order valence-corrected chi connectivity index (χ0v) is 23.2. The monoisotopic (exact) mass is 508 g/mol. The molecule has 7 heteroatoms. The van der Waals surface area contributed by atoms with Gasteiger partial charge in [-0.2, -0.15) is 0 Å². The fourth-order valence-corrected chi connectivity index (χ4v) is 9.09. The van der Waals surface area contributed by atoms with Gasteiger partial charge in [-0.05, 0) is 101 Å². The van der Waals surface area contributed by atoms with Crippen LogP contribution in [0.3, 0.4) is 0 Å². The van der Waals surface area contributed by atoms with Gasteiger partial charge in [0.1, 0.15) is 0 Å². The number of aliphatic hydroxyl groups is 4. The number of carbonyl (C=O) groups excluding carboxylic acids is 1. The molecule has 0 aliphatic heterocycles. The quantitative estimate of drug-likeness (QED) is 0.417. The van der Waals surface area contributed by atoms with Crippen molar-refractivity contribution in [3.63, 3.8) is 0 Å². The summed E-state index contributed by atoms with van der Waals surface area (Å²) in [5.41, 5.74) is -2.54. The van der Waals surface area contributed by atoms with E-state index < -0.39 is 45.9 Å². The first-order chi connectivity index (χ1) is 16.6. The van der Waals surface area contributed by atoms with E-state index in [1.54, 1.807) is 34.1 Å². The van der Waals surface area contributed by atoms with Crippen molar-refractivity contribution in [2.45, 2.75) is 121 Å². The number of allylic oxidation sites excluding steroid dienone is 1. The van der Waals surface area contributed by atoms with Crippen LogP contribution in [0.1, 0.15) is 86.0 Å². The van der Waals surface area contributed by atoms with E-state index in [1.165, 1.54) is 0 Å². The van der Waals surface area contributed by atoms with E-state index in [2.05, 4.69) is 13.8 Å². The van der Waals surface area contributed by atoms with Gasteiger partial charge in [0.2, 0.25) is 0 Å². The molecule has 0 radical (unpaired) electrons. The highest BCUT2D eigenvalue weighted by Gasteiger charge is 2.70. The minimum absolute atomic E-state index is 0.0190. The summed E-state index contributed by atoms with van der Waals surface area (Å²) in [6, 6.07) is 0. The van der Waals surface area contributed by atoms with Gasteiger partial charge >= 0.3 is 0 Å². The molecule has 0 aromatic heterocycles. The number of ether oxygens (including phenoxy) is 2. The molecule has 0 heterocycles. The maximum atomic E-state index is 13.5. The molecule has 7 nitrogen and oxygen atoms in total. The van der Waals surface area contributed by atoms with Crippen LogP contribution in [-0.2, 0) is 14.3 Å². The van der Waals surface area contributed by atoms with Crippen molar-refractivity contribution in [1.29, 1.82) is 0 Å². The number of fused-ring (bicyclic) bond motifs is 5. The third kappa shape index (κ3) is 4.04. The van der Waals surface area contributed by atoms with Crippen LogP contribution >= 0.6 is 0 Å². The number of carbonyl (C=O) groups is 1. The van der Waals surface area contributed by atoms with Gasteiger partial charge in [0.15, 0.2) is 5.78 Å². The average molecular weight is 509 g/mol. The fraction of sp³-hybridized carbons (Fsp3) is 0.897. The normalized spacial score (nSPS) is 45.2. The molecule has 0 saturated heterocycles. The smallest absolute Gasteiger partial charge is 0.159 e. The van der Waals surface area contributed by atoms with Gasteiger partial charge in [-0.15, -0.1) is 0 Å². The number of rotatable bonds is 7. The molecule has 0 spiro atoms. The number of hydrogen-bond acceptors (Lipinski definition) is 7. The summed E-state index contributed by atoms with van der Waals surface area (Å²) in [5.74, 6) is -0.334. The average Bonchev–Trinajstić information content (AvgIpc) is 3.09. The van der Waals surface area contributed by atoms with E-state index in [-0.39, 0.29) is 23.5 Å². The van der Waals surface area contributed by atoms with E-state index in [4.69, 9.17) is 9.47 Å². The van der Waals surface area contributed by atoms with Crippen molar-refractivity contribution in [2.75, 3.05) is 14.2 Å². The Morgan fingerprint density at radius 3 is 2.31 bits per heavy atom. The zero-order valence-electron chi connectivity index (χ0n) is 23.2. The van der Waals surface area contributed by atoms with Crippen molar-refractivity contribution in [3.8, 4) is 0 Å². The second-order valence-electron chi connectivity index (χ2n) is 13.6. The largest absolute Gasteiger partial charge is 0.390 e. The molecule has 3 saturated carbocycles. The van der Waals surface area contributed by atoms with Crippen LogP contribution in [0.15, 0.2) is 11.6 Å². The number of ketones is 1. The third-order valence-electron chi connectivity index (χ3n) is 11.1. The summed E-state index contributed by atoms with van der Waals surface area (Å²) in [6.45, 7) is 9.69. The van der Waals surface area contributed by atoms with Gasteiger partial charge < -0.3 is 29.9 Å². The van der Waals surface area contributed by atoms with Gasteiger partial charge in [0.05, 0.1) is 35.1 Å². The molecule has 5 unspecified atom stereocenters. The second-order valence-corrected chi connectivity index (χ2v) is 13.6. The topological polar surface area (TPSA) is 116 Å². The highest BCUT2D eigenvalue weighted by molar-refractivity contribution is 5.95. The Labute approximate surface area is 216 Å². The highest BCUT2D eigenvalue weighted by atomic mass is 16.5. The van der Waals surface area contributed by atoms with Crippen molar-refractivity contribution in [2.24, 2.45) is 28.6 Å². The van der Waals surface area contributed by atoms with E-state index >= 15 is 0 Å². The Hall–Kier alpha value is -0.830. The van der Waals surface area contributed by atoms with Gasteiger partial charge in [-0.3, -0.25) is 4.79 Å². The van der Waals surface area contributed by atoms with Crippen molar-refractivity contribution in [1.82, 2.24) is 0 Å². The van der Waals surface area contributed by atoms with Gasteiger partial charge in [-0.1, -0.05) is 13.8 Å².